The number of hydrogen-bond acceptors (Lipinski definition) is 3. The van der Waals surface area contributed by atoms with Crippen molar-refractivity contribution in [3.63, 3.8) is 0 Å². The van der Waals surface area contributed by atoms with E-state index in [0.29, 0.717) is 11.4 Å². The van der Waals surface area contributed by atoms with Gasteiger partial charge >= 0.3 is 6.03 Å². The zero-order valence-corrected chi connectivity index (χ0v) is 10.4. The lowest BCUT2D eigenvalue weighted by molar-refractivity contribution is 0.259. The summed E-state index contributed by atoms with van der Waals surface area (Å²) in [5, 5.41) is 2.34. The molecule has 0 spiro atoms. The van der Waals surface area contributed by atoms with E-state index in [4.69, 9.17) is 17.3 Å². The molecule has 0 bridgehead atoms. The van der Waals surface area contributed by atoms with Gasteiger partial charge in [-0.2, -0.15) is 0 Å². The van der Waals surface area contributed by atoms with E-state index in [9.17, 15) is 13.2 Å². The maximum absolute atomic E-state index is 11.4. The maximum Gasteiger partial charge on any atom is 0.316 e. The number of sulfonamides is 1. The Morgan fingerprint density at radius 2 is 2.00 bits per heavy atom. The average Bonchev–Trinajstić information content (AvgIpc) is 2.15. The highest BCUT2D eigenvalue weighted by atomic mass is 35.5. The topological polar surface area (TPSA) is 101 Å². The zero-order valence-electron chi connectivity index (χ0n) is 8.81. The first-order valence-electron chi connectivity index (χ1n) is 4.66. The monoisotopic (exact) mass is 277 g/mol. The molecule has 0 aliphatic heterocycles. The molecule has 17 heavy (non-hydrogen) atoms. The van der Waals surface area contributed by atoms with E-state index in [1.165, 1.54) is 6.07 Å². The number of hydrogen-bond donors (Lipinski definition) is 3. The Labute approximate surface area is 104 Å². The van der Waals surface area contributed by atoms with E-state index < -0.39 is 16.1 Å². The predicted octanol–water partition coefficient (Wildman–Crippen LogP) is 1.16. The van der Waals surface area contributed by atoms with Crippen molar-refractivity contribution >= 4 is 39.0 Å². The fraction of sp³-hybridized carbons (Fsp3) is 0.222. The number of nitrogens with one attached hydrogen (secondary N) is 2. The van der Waals surface area contributed by atoms with Crippen LogP contribution in [0.15, 0.2) is 24.3 Å². The van der Waals surface area contributed by atoms with Crippen molar-refractivity contribution < 1.29 is 13.2 Å². The molecule has 1 aromatic carbocycles. The van der Waals surface area contributed by atoms with Crippen LogP contribution in [0.3, 0.4) is 0 Å². The van der Waals surface area contributed by atoms with Crippen LogP contribution in [0.1, 0.15) is 0 Å². The first-order chi connectivity index (χ1) is 7.93. The SMILES string of the molecule is NC(=O)Nc1cccc(NS(=O)(=O)CCCl)c1. The standard InChI is InChI=1S/C9H12ClN3O3S/c10-4-5-17(15,16)13-8-3-1-2-7(6-8)12-9(11)14/h1-3,6,13H,4-5H2,(H3,11,12,14). The molecule has 8 heteroatoms. The van der Waals surface area contributed by atoms with Gasteiger partial charge in [-0.1, -0.05) is 6.07 Å². The average molecular weight is 278 g/mol. The molecule has 0 aliphatic carbocycles. The molecule has 6 nitrogen and oxygen atoms in total. The quantitative estimate of drug-likeness (QED) is 0.704. The van der Waals surface area contributed by atoms with E-state index in [1.807, 2.05) is 0 Å². The van der Waals surface area contributed by atoms with Gasteiger partial charge in [-0.05, 0) is 18.2 Å². The van der Waals surface area contributed by atoms with E-state index in [-0.39, 0.29) is 11.6 Å². The number of carbonyl (C=O) groups excluding carboxylic acids is 1. The molecule has 94 valence electrons. The van der Waals surface area contributed by atoms with Gasteiger partial charge in [0.1, 0.15) is 0 Å². The van der Waals surface area contributed by atoms with Crippen molar-refractivity contribution in [1.82, 2.24) is 0 Å². The third kappa shape index (κ3) is 4.92. The van der Waals surface area contributed by atoms with E-state index >= 15 is 0 Å². The number of urea groups is 1. The molecular weight excluding hydrogens is 266 g/mol. The first-order valence-corrected chi connectivity index (χ1v) is 6.84. The number of alkyl halides is 1. The van der Waals surface area contributed by atoms with Crippen LogP contribution in [0.2, 0.25) is 0 Å². The number of benzene rings is 1. The van der Waals surface area contributed by atoms with Gasteiger partial charge in [0.15, 0.2) is 0 Å². The molecule has 0 aromatic heterocycles. The molecule has 0 fully saturated rings. The molecular formula is C9H12ClN3O3S. The van der Waals surface area contributed by atoms with Crippen LogP contribution in [-0.2, 0) is 10.0 Å². The second-order valence-corrected chi connectivity index (χ2v) is 5.40. The van der Waals surface area contributed by atoms with Crippen molar-refractivity contribution in [2.75, 3.05) is 21.7 Å². The van der Waals surface area contributed by atoms with Crippen LogP contribution in [-0.4, -0.2) is 26.1 Å². The summed E-state index contributed by atoms with van der Waals surface area (Å²) in [4.78, 5) is 10.6. The van der Waals surface area contributed by atoms with Crippen molar-refractivity contribution in [1.29, 1.82) is 0 Å². The highest BCUT2D eigenvalue weighted by molar-refractivity contribution is 7.92. The van der Waals surface area contributed by atoms with Crippen LogP contribution >= 0.6 is 11.6 Å². The van der Waals surface area contributed by atoms with Crippen LogP contribution in [0.4, 0.5) is 16.2 Å². The lowest BCUT2D eigenvalue weighted by Crippen LogP contribution is -2.20. The predicted molar refractivity (Wildman–Crippen MR) is 67.8 cm³/mol. The molecule has 0 atom stereocenters. The fourth-order valence-corrected chi connectivity index (χ4v) is 2.54. The minimum Gasteiger partial charge on any atom is -0.351 e. The Bertz CT molecular complexity index is 504. The Kier molecular flexibility index (Phi) is 4.59. The highest BCUT2D eigenvalue weighted by Crippen LogP contribution is 2.16. The van der Waals surface area contributed by atoms with Crippen LogP contribution in [0.5, 0.6) is 0 Å². The number of primary amides is 1. The third-order valence-corrected chi connectivity index (χ3v) is 3.45. The van der Waals surface area contributed by atoms with Gasteiger partial charge in [-0.3, -0.25) is 4.72 Å². The molecule has 1 aromatic rings. The van der Waals surface area contributed by atoms with Crippen LogP contribution < -0.4 is 15.8 Å². The molecule has 2 amide bonds. The van der Waals surface area contributed by atoms with Gasteiger partial charge in [0.25, 0.3) is 0 Å². The van der Waals surface area contributed by atoms with Gasteiger partial charge in [-0.15, -0.1) is 11.6 Å². The van der Waals surface area contributed by atoms with Gasteiger partial charge in [0, 0.05) is 11.6 Å². The molecule has 0 saturated carbocycles. The van der Waals surface area contributed by atoms with Gasteiger partial charge in [-0.25, -0.2) is 13.2 Å². The Hall–Kier alpha value is -1.47. The lowest BCUT2D eigenvalue weighted by Gasteiger charge is -2.08. The smallest absolute Gasteiger partial charge is 0.316 e. The van der Waals surface area contributed by atoms with Crippen molar-refractivity contribution in [2.24, 2.45) is 5.73 Å². The second-order valence-electron chi connectivity index (χ2n) is 3.18. The molecule has 0 saturated heterocycles. The summed E-state index contributed by atoms with van der Waals surface area (Å²) in [6.45, 7) is 0. The number of rotatable bonds is 5. The third-order valence-electron chi connectivity index (χ3n) is 1.75. The summed E-state index contributed by atoms with van der Waals surface area (Å²) in [6, 6.07) is 5.47. The summed E-state index contributed by atoms with van der Waals surface area (Å²) in [5.41, 5.74) is 5.68. The molecule has 0 aliphatic rings. The Morgan fingerprint density at radius 1 is 1.35 bits per heavy atom. The minimum absolute atomic E-state index is 0.00849. The molecule has 0 unspecified atom stereocenters. The molecule has 4 N–H and O–H groups in total. The van der Waals surface area contributed by atoms with Crippen LogP contribution in [0.25, 0.3) is 0 Å². The Balaban J connectivity index is 2.82. The summed E-state index contributed by atoms with van der Waals surface area (Å²) in [5.74, 6) is -0.170. The van der Waals surface area contributed by atoms with Gasteiger partial charge < -0.3 is 11.1 Å². The summed E-state index contributed by atoms with van der Waals surface area (Å²) in [7, 11) is -3.46. The van der Waals surface area contributed by atoms with Gasteiger partial charge in [0.05, 0.1) is 11.4 Å². The maximum atomic E-state index is 11.4. The van der Waals surface area contributed by atoms with Gasteiger partial charge in [0.2, 0.25) is 10.0 Å². The summed E-state index contributed by atoms with van der Waals surface area (Å²) >= 11 is 5.36. The van der Waals surface area contributed by atoms with E-state index in [0.717, 1.165) is 0 Å². The fourth-order valence-electron chi connectivity index (χ4n) is 1.13. The number of nitrogens with two attached hydrogens (primary N) is 1. The molecule has 0 radical (unpaired) electrons. The number of amides is 2. The van der Waals surface area contributed by atoms with Crippen LogP contribution in [0, 0.1) is 0 Å². The van der Waals surface area contributed by atoms with Crippen molar-refractivity contribution in [3.05, 3.63) is 24.3 Å². The molecule has 1 rings (SSSR count). The highest BCUT2D eigenvalue weighted by Gasteiger charge is 2.09. The minimum atomic E-state index is -3.46. The van der Waals surface area contributed by atoms with E-state index in [1.54, 1.807) is 18.2 Å². The second kappa shape index (κ2) is 5.74. The van der Waals surface area contributed by atoms with E-state index in [2.05, 4.69) is 10.0 Å². The largest absolute Gasteiger partial charge is 0.351 e. The van der Waals surface area contributed by atoms with Crippen molar-refractivity contribution in [3.8, 4) is 0 Å². The normalized spacial score (nSPS) is 10.9. The Morgan fingerprint density at radius 3 is 2.59 bits per heavy atom. The van der Waals surface area contributed by atoms with Crippen molar-refractivity contribution in [2.45, 2.75) is 0 Å². The molecule has 0 heterocycles. The zero-order chi connectivity index (χ0) is 12.9. The number of anilines is 2. The first kappa shape index (κ1) is 13.6. The summed E-state index contributed by atoms with van der Waals surface area (Å²) < 4.78 is 25.2. The summed E-state index contributed by atoms with van der Waals surface area (Å²) in [6.07, 6.45) is 0. The lowest BCUT2D eigenvalue weighted by atomic mass is 10.3. The number of carbonyl (C=O) groups is 1. The number of halogens is 1.